The van der Waals surface area contributed by atoms with Crippen molar-refractivity contribution in [1.82, 2.24) is 0 Å². The molecule has 3 nitrogen and oxygen atoms in total. The summed E-state index contributed by atoms with van der Waals surface area (Å²) >= 11 is 0. The molecule has 0 bridgehead atoms. The zero-order valence-corrected chi connectivity index (χ0v) is 11.1. The highest BCUT2D eigenvalue weighted by Crippen LogP contribution is 2.21. The quantitative estimate of drug-likeness (QED) is 0.765. The van der Waals surface area contributed by atoms with Crippen molar-refractivity contribution in [2.75, 3.05) is 25.0 Å². The first kappa shape index (κ1) is 13.8. The van der Waals surface area contributed by atoms with Crippen LogP contribution in [0.25, 0.3) is 0 Å². The topological polar surface area (TPSA) is 47.3 Å². The van der Waals surface area contributed by atoms with Gasteiger partial charge < -0.3 is 15.8 Å². The molecule has 0 radical (unpaired) electrons. The van der Waals surface area contributed by atoms with E-state index in [2.05, 4.69) is 19.2 Å². The van der Waals surface area contributed by atoms with Gasteiger partial charge in [-0.1, -0.05) is 13.8 Å². The van der Waals surface area contributed by atoms with Crippen molar-refractivity contribution in [1.29, 1.82) is 0 Å². The van der Waals surface area contributed by atoms with Crippen LogP contribution in [0.4, 0.5) is 5.69 Å². The highest BCUT2D eigenvalue weighted by atomic mass is 16.5. The summed E-state index contributed by atoms with van der Waals surface area (Å²) in [5, 5.41) is 3.43. The van der Waals surface area contributed by atoms with Crippen LogP contribution in [-0.4, -0.2) is 19.7 Å². The number of benzene rings is 1. The maximum atomic E-state index is 5.59. The molecule has 3 N–H and O–H groups in total. The molecule has 1 aromatic carbocycles. The van der Waals surface area contributed by atoms with Crippen molar-refractivity contribution >= 4 is 5.69 Å². The molecule has 0 saturated heterocycles. The predicted octanol–water partition coefficient (Wildman–Crippen LogP) is 2.87. The largest absolute Gasteiger partial charge is 0.494 e. The molecule has 0 heterocycles. The van der Waals surface area contributed by atoms with Gasteiger partial charge in [0.15, 0.2) is 0 Å². The summed E-state index contributed by atoms with van der Waals surface area (Å²) in [5.74, 6) is 0.916. The maximum Gasteiger partial charge on any atom is 0.119 e. The van der Waals surface area contributed by atoms with Gasteiger partial charge in [0.2, 0.25) is 0 Å². The lowest BCUT2D eigenvalue weighted by Crippen LogP contribution is -2.26. The third kappa shape index (κ3) is 5.09. The molecule has 17 heavy (non-hydrogen) atoms. The molecule has 1 aromatic rings. The summed E-state index contributed by atoms with van der Waals surface area (Å²) in [5.41, 5.74) is 6.95. The fraction of sp³-hybridized carbons (Fsp3) is 0.571. The third-order valence-electron chi connectivity index (χ3n) is 2.76. The van der Waals surface area contributed by atoms with E-state index in [1.54, 1.807) is 0 Å². The van der Waals surface area contributed by atoms with Crippen molar-refractivity contribution in [2.45, 2.75) is 27.2 Å². The van der Waals surface area contributed by atoms with Gasteiger partial charge in [0.1, 0.15) is 5.75 Å². The number of hydrogen-bond donors (Lipinski definition) is 2. The minimum Gasteiger partial charge on any atom is -0.494 e. The molecule has 0 aliphatic rings. The number of hydrogen-bond acceptors (Lipinski definition) is 3. The predicted molar refractivity (Wildman–Crippen MR) is 73.6 cm³/mol. The van der Waals surface area contributed by atoms with Crippen LogP contribution < -0.4 is 15.8 Å². The molecule has 0 unspecified atom stereocenters. The molecule has 0 saturated carbocycles. The minimum atomic E-state index is 0.230. The second kappa shape index (κ2) is 6.50. The third-order valence-corrected chi connectivity index (χ3v) is 2.76. The van der Waals surface area contributed by atoms with Gasteiger partial charge in [-0.15, -0.1) is 0 Å². The fourth-order valence-corrected chi connectivity index (χ4v) is 1.66. The minimum absolute atomic E-state index is 0.230. The van der Waals surface area contributed by atoms with E-state index in [4.69, 9.17) is 10.5 Å². The summed E-state index contributed by atoms with van der Waals surface area (Å²) in [6.45, 7) is 8.80. The molecule has 1 rings (SSSR count). The Morgan fingerprint density at radius 3 is 2.41 bits per heavy atom. The first-order valence-electron chi connectivity index (χ1n) is 6.24. The molecule has 0 spiro atoms. The number of nitrogens with two attached hydrogens (primary N) is 1. The fourth-order valence-electron chi connectivity index (χ4n) is 1.66. The van der Waals surface area contributed by atoms with Crippen molar-refractivity contribution in [3.63, 3.8) is 0 Å². The van der Waals surface area contributed by atoms with Gasteiger partial charge in [-0.05, 0) is 49.6 Å². The van der Waals surface area contributed by atoms with Crippen molar-refractivity contribution in [2.24, 2.45) is 11.1 Å². The maximum absolute atomic E-state index is 5.59. The highest BCUT2D eigenvalue weighted by molar-refractivity contribution is 5.46. The zero-order valence-electron chi connectivity index (χ0n) is 11.1. The Bertz CT molecular complexity index is 319. The van der Waals surface area contributed by atoms with Crippen LogP contribution in [0, 0.1) is 5.41 Å². The number of anilines is 1. The Balaban J connectivity index is 2.46. The lowest BCUT2D eigenvalue weighted by Gasteiger charge is -2.24. The zero-order chi connectivity index (χ0) is 12.7. The molecule has 3 heteroatoms. The lowest BCUT2D eigenvalue weighted by atomic mass is 9.89. The van der Waals surface area contributed by atoms with Crippen LogP contribution in [0.15, 0.2) is 24.3 Å². The second-order valence-corrected chi connectivity index (χ2v) is 5.01. The first-order valence-corrected chi connectivity index (χ1v) is 6.24. The summed E-state index contributed by atoms with van der Waals surface area (Å²) in [4.78, 5) is 0. The SMILES string of the molecule is CCOc1ccc(NCC(C)(C)CCN)cc1. The summed E-state index contributed by atoms with van der Waals surface area (Å²) in [6.07, 6.45) is 1.02. The lowest BCUT2D eigenvalue weighted by molar-refractivity contribution is 0.340. The Hall–Kier alpha value is -1.22. The van der Waals surface area contributed by atoms with Crippen LogP contribution in [0.2, 0.25) is 0 Å². The molecular formula is C14H24N2O. The van der Waals surface area contributed by atoms with E-state index >= 15 is 0 Å². The summed E-state index contributed by atoms with van der Waals surface area (Å²) in [6, 6.07) is 8.07. The Morgan fingerprint density at radius 2 is 1.88 bits per heavy atom. The van der Waals surface area contributed by atoms with E-state index in [9.17, 15) is 0 Å². The Labute approximate surface area is 104 Å². The molecule has 0 aliphatic carbocycles. The number of ether oxygens (including phenoxy) is 1. The summed E-state index contributed by atoms with van der Waals surface area (Å²) in [7, 11) is 0. The van der Waals surface area contributed by atoms with Crippen molar-refractivity contribution < 1.29 is 4.74 Å². The van der Waals surface area contributed by atoms with Crippen LogP contribution >= 0.6 is 0 Å². The van der Waals surface area contributed by atoms with E-state index in [1.807, 2.05) is 31.2 Å². The normalized spacial score (nSPS) is 11.3. The van der Waals surface area contributed by atoms with Crippen LogP contribution in [0.3, 0.4) is 0 Å². The van der Waals surface area contributed by atoms with Crippen molar-refractivity contribution in [3.05, 3.63) is 24.3 Å². The molecule has 0 atom stereocenters. The van der Waals surface area contributed by atoms with E-state index in [-0.39, 0.29) is 5.41 Å². The summed E-state index contributed by atoms with van der Waals surface area (Å²) < 4.78 is 5.40. The number of rotatable bonds is 7. The Morgan fingerprint density at radius 1 is 1.24 bits per heavy atom. The average Bonchev–Trinajstić information content (AvgIpc) is 2.29. The van der Waals surface area contributed by atoms with Crippen LogP contribution in [0.1, 0.15) is 27.2 Å². The van der Waals surface area contributed by atoms with Gasteiger partial charge >= 0.3 is 0 Å². The average molecular weight is 236 g/mol. The van der Waals surface area contributed by atoms with E-state index in [0.717, 1.165) is 30.9 Å². The van der Waals surface area contributed by atoms with Crippen LogP contribution in [-0.2, 0) is 0 Å². The monoisotopic (exact) mass is 236 g/mol. The first-order chi connectivity index (χ1) is 8.07. The van der Waals surface area contributed by atoms with Gasteiger partial charge in [0.25, 0.3) is 0 Å². The molecule has 0 aliphatic heterocycles. The Kier molecular flexibility index (Phi) is 5.29. The van der Waals surface area contributed by atoms with Gasteiger partial charge in [-0.3, -0.25) is 0 Å². The van der Waals surface area contributed by atoms with E-state index in [0.29, 0.717) is 6.61 Å². The van der Waals surface area contributed by atoms with Crippen LogP contribution in [0.5, 0.6) is 5.75 Å². The molecule has 0 amide bonds. The second-order valence-electron chi connectivity index (χ2n) is 5.01. The molecule has 96 valence electrons. The molecule has 0 fully saturated rings. The van der Waals surface area contributed by atoms with Gasteiger partial charge in [-0.2, -0.15) is 0 Å². The molecular weight excluding hydrogens is 212 g/mol. The molecule has 0 aromatic heterocycles. The van der Waals surface area contributed by atoms with Gasteiger partial charge in [-0.25, -0.2) is 0 Å². The van der Waals surface area contributed by atoms with E-state index in [1.165, 1.54) is 0 Å². The van der Waals surface area contributed by atoms with Gasteiger partial charge in [0.05, 0.1) is 6.61 Å². The highest BCUT2D eigenvalue weighted by Gasteiger charge is 2.15. The van der Waals surface area contributed by atoms with E-state index < -0.39 is 0 Å². The number of nitrogens with one attached hydrogen (secondary N) is 1. The van der Waals surface area contributed by atoms with Gasteiger partial charge in [0, 0.05) is 12.2 Å². The smallest absolute Gasteiger partial charge is 0.119 e. The standard InChI is InChI=1S/C14H24N2O/c1-4-17-13-7-5-12(6-8-13)16-11-14(2,3)9-10-15/h5-8,16H,4,9-11,15H2,1-3H3. The van der Waals surface area contributed by atoms with Crippen molar-refractivity contribution in [3.8, 4) is 5.75 Å².